The molecule has 0 radical (unpaired) electrons. The molecule has 0 aliphatic heterocycles. The van der Waals surface area contributed by atoms with Gasteiger partial charge in [0.05, 0.1) is 23.1 Å². The van der Waals surface area contributed by atoms with E-state index in [4.69, 9.17) is 0 Å². The number of aromatic nitrogens is 2. The van der Waals surface area contributed by atoms with E-state index in [2.05, 4.69) is 15.6 Å². The lowest BCUT2D eigenvalue weighted by Crippen LogP contribution is -2.42. The van der Waals surface area contributed by atoms with Gasteiger partial charge in [-0.05, 0) is 68.9 Å². The van der Waals surface area contributed by atoms with E-state index in [1.54, 1.807) is 32.5 Å². The third-order valence-corrected chi connectivity index (χ3v) is 7.15. The molecule has 184 valence electrons. The highest BCUT2D eigenvalue weighted by Gasteiger charge is 2.32. The molecular formula is C25H27FN4O4S. The van der Waals surface area contributed by atoms with Crippen LogP contribution in [-0.2, 0) is 11.8 Å². The topological polar surface area (TPSA) is 113 Å². The van der Waals surface area contributed by atoms with Gasteiger partial charge in [-0.3, -0.25) is 14.4 Å². The Balaban J connectivity index is 1.68. The molecule has 2 aromatic heterocycles. The number of carbonyl (C=O) groups excluding carboxylic acids is 3. The first kappa shape index (κ1) is 24.7. The molecule has 2 heterocycles. The zero-order valence-electron chi connectivity index (χ0n) is 19.7. The van der Waals surface area contributed by atoms with Crippen molar-refractivity contribution in [2.24, 2.45) is 7.05 Å². The number of carbonyl (C=O) groups is 3. The van der Waals surface area contributed by atoms with Crippen molar-refractivity contribution in [3.63, 3.8) is 0 Å². The lowest BCUT2D eigenvalue weighted by atomic mass is 9.93. The van der Waals surface area contributed by atoms with E-state index in [9.17, 15) is 23.9 Å². The summed E-state index contributed by atoms with van der Waals surface area (Å²) in [6.07, 6.45) is 3.57. The van der Waals surface area contributed by atoms with E-state index >= 15 is 0 Å². The Hall–Kier alpha value is -3.37. The van der Waals surface area contributed by atoms with Crippen LogP contribution in [0.3, 0.4) is 0 Å². The lowest BCUT2D eigenvalue weighted by Gasteiger charge is -2.25. The number of aliphatic hydroxyl groups is 1. The molecule has 3 N–H and O–H groups in total. The van der Waals surface area contributed by atoms with E-state index in [1.807, 2.05) is 0 Å². The Morgan fingerprint density at radius 2 is 1.89 bits per heavy atom. The Morgan fingerprint density at radius 1 is 1.17 bits per heavy atom. The summed E-state index contributed by atoms with van der Waals surface area (Å²) < 4.78 is 15.2. The number of ketones is 1. The van der Waals surface area contributed by atoms with Crippen LogP contribution in [0.1, 0.15) is 57.7 Å². The lowest BCUT2D eigenvalue weighted by molar-refractivity contribution is -0.118. The standard InChI is InChI=1S/C25H27FN4O4S/c1-13-12-16(6-9-18(13)26)29-23(33)19-14(2)20(30(3)21(19)25-27-10-11-35-25)22(32)24(34)28-15-4-7-17(31)8-5-15/h6,9-12,15,17,31H,4-5,7-8H2,1-3H3,(H,28,34)(H,29,33)/t15-,17+. The number of nitrogens with one attached hydrogen (secondary N) is 2. The van der Waals surface area contributed by atoms with Crippen LogP contribution in [0.25, 0.3) is 10.7 Å². The predicted octanol–water partition coefficient (Wildman–Crippen LogP) is 3.76. The van der Waals surface area contributed by atoms with Crippen molar-refractivity contribution in [2.45, 2.75) is 51.7 Å². The van der Waals surface area contributed by atoms with Crippen LogP contribution in [0.15, 0.2) is 29.8 Å². The highest BCUT2D eigenvalue weighted by molar-refractivity contribution is 7.13. The normalized spacial score (nSPS) is 17.7. The second-order valence-electron chi connectivity index (χ2n) is 8.82. The molecule has 10 heteroatoms. The maximum absolute atomic E-state index is 13.7. The van der Waals surface area contributed by atoms with Crippen molar-refractivity contribution in [3.05, 3.63) is 58.0 Å². The van der Waals surface area contributed by atoms with E-state index in [1.165, 1.54) is 34.1 Å². The number of hydrogen-bond donors (Lipinski definition) is 3. The van der Waals surface area contributed by atoms with Gasteiger partial charge in [-0.2, -0.15) is 0 Å². The summed E-state index contributed by atoms with van der Waals surface area (Å²) in [4.78, 5) is 43.8. The molecule has 1 aliphatic carbocycles. The highest BCUT2D eigenvalue weighted by atomic mass is 32.1. The minimum absolute atomic E-state index is 0.101. The third kappa shape index (κ3) is 5.03. The molecule has 4 rings (SSSR count). The fourth-order valence-electron chi connectivity index (χ4n) is 4.51. The van der Waals surface area contributed by atoms with Crippen LogP contribution in [0.5, 0.6) is 0 Å². The summed E-state index contributed by atoms with van der Waals surface area (Å²) in [5, 5.41) is 17.5. The van der Waals surface area contributed by atoms with Gasteiger partial charge < -0.3 is 20.3 Å². The van der Waals surface area contributed by atoms with E-state index in [-0.39, 0.29) is 29.2 Å². The summed E-state index contributed by atoms with van der Waals surface area (Å²) in [6.45, 7) is 3.22. The monoisotopic (exact) mass is 498 g/mol. The number of nitrogens with zero attached hydrogens (tertiary/aromatic N) is 2. The first-order valence-electron chi connectivity index (χ1n) is 11.4. The molecule has 0 spiro atoms. The Labute approximate surface area is 206 Å². The minimum Gasteiger partial charge on any atom is -0.393 e. The number of benzene rings is 1. The van der Waals surface area contributed by atoms with Crippen LogP contribution in [-0.4, -0.2) is 44.4 Å². The van der Waals surface area contributed by atoms with Gasteiger partial charge in [0.1, 0.15) is 10.8 Å². The van der Waals surface area contributed by atoms with Gasteiger partial charge in [0.2, 0.25) is 0 Å². The highest BCUT2D eigenvalue weighted by Crippen LogP contribution is 2.33. The first-order chi connectivity index (χ1) is 16.7. The number of anilines is 1. The van der Waals surface area contributed by atoms with E-state index in [0.717, 1.165) is 0 Å². The molecule has 1 aromatic carbocycles. The number of rotatable bonds is 6. The average Bonchev–Trinajstić information content (AvgIpc) is 3.43. The zero-order valence-corrected chi connectivity index (χ0v) is 20.5. The van der Waals surface area contributed by atoms with Crippen LogP contribution in [0.4, 0.5) is 10.1 Å². The fourth-order valence-corrected chi connectivity index (χ4v) is 5.24. The quantitative estimate of drug-likeness (QED) is 0.354. The molecule has 1 aliphatic rings. The SMILES string of the molecule is Cc1cc(NC(=O)c2c(C)c(C(=O)C(=O)N[C@H]3CC[C@@H](O)CC3)n(C)c2-c2nccs2)ccc1F. The van der Waals surface area contributed by atoms with Crippen LogP contribution < -0.4 is 10.6 Å². The van der Waals surface area contributed by atoms with Crippen molar-refractivity contribution in [2.75, 3.05) is 5.32 Å². The number of aliphatic hydroxyl groups excluding tert-OH is 1. The minimum atomic E-state index is -0.748. The molecule has 35 heavy (non-hydrogen) atoms. The summed E-state index contributed by atoms with van der Waals surface area (Å²) in [7, 11) is 1.63. The predicted molar refractivity (Wildman–Crippen MR) is 131 cm³/mol. The molecule has 0 saturated heterocycles. The maximum atomic E-state index is 13.7. The molecule has 3 aromatic rings. The largest absolute Gasteiger partial charge is 0.393 e. The summed E-state index contributed by atoms with van der Waals surface area (Å²) in [6, 6.07) is 4.07. The maximum Gasteiger partial charge on any atom is 0.294 e. The van der Waals surface area contributed by atoms with Crippen LogP contribution >= 0.6 is 11.3 Å². The number of Topliss-reactive ketones (excluding diaryl/α,β-unsaturated/α-hetero) is 1. The summed E-state index contributed by atoms with van der Waals surface area (Å²) >= 11 is 1.31. The van der Waals surface area contributed by atoms with Gasteiger partial charge in [0.15, 0.2) is 0 Å². The van der Waals surface area contributed by atoms with Crippen LogP contribution in [0.2, 0.25) is 0 Å². The Bertz CT molecular complexity index is 1280. The van der Waals surface area contributed by atoms with E-state index < -0.39 is 17.6 Å². The van der Waals surface area contributed by atoms with Gasteiger partial charge in [-0.15, -0.1) is 11.3 Å². The fraction of sp³-hybridized carbons (Fsp3) is 0.360. The van der Waals surface area contributed by atoms with Crippen molar-refractivity contribution < 1.29 is 23.9 Å². The molecule has 8 nitrogen and oxygen atoms in total. The van der Waals surface area contributed by atoms with E-state index in [0.29, 0.717) is 53.2 Å². The van der Waals surface area contributed by atoms with Gasteiger partial charge in [0.25, 0.3) is 17.6 Å². The molecule has 0 unspecified atom stereocenters. The number of thiazole rings is 1. The number of amides is 2. The number of aryl methyl sites for hydroxylation is 1. The second-order valence-corrected chi connectivity index (χ2v) is 9.71. The molecule has 0 bridgehead atoms. The first-order valence-corrected chi connectivity index (χ1v) is 12.2. The van der Waals surface area contributed by atoms with Crippen molar-refractivity contribution in [3.8, 4) is 10.7 Å². The number of hydrogen-bond acceptors (Lipinski definition) is 6. The molecule has 0 atom stereocenters. The van der Waals surface area contributed by atoms with Gasteiger partial charge in [-0.25, -0.2) is 9.37 Å². The number of halogens is 1. The Morgan fingerprint density at radius 3 is 2.51 bits per heavy atom. The van der Waals surface area contributed by atoms with Gasteiger partial charge in [-0.1, -0.05) is 0 Å². The van der Waals surface area contributed by atoms with Crippen molar-refractivity contribution in [1.82, 2.24) is 14.9 Å². The summed E-state index contributed by atoms with van der Waals surface area (Å²) in [5.74, 6) is -2.36. The van der Waals surface area contributed by atoms with Crippen molar-refractivity contribution in [1.29, 1.82) is 0 Å². The third-order valence-electron chi connectivity index (χ3n) is 6.37. The van der Waals surface area contributed by atoms with Crippen LogP contribution in [0, 0.1) is 19.7 Å². The molecule has 1 saturated carbocycles. The Kier molecular flexibility index (Phi) is 7.13. The summed E-state index contributed by atoms with van der Waals surface area (Å²) in [5.41, 5.74) is 1.90. The molecule has 2 amide bonds. The van der Waals surface area contributed by atoms with Gasteiger partial charge >= 0.3 is 0 Å². The average molecular weight is 499 g/mol. The van der Waals surface area contributed by atoms with Crippen molar-refractivity contribution >= 4 is 34.6 Å². The molecule has 1 fully saturated rings. The second kappa shape index (κ2) is 10.1. The zero-order chi connectivity index (χ0) is 25.3. The smallest absolute Gasteiger partial charge is 0.294 e. The molecular weight excluding hydrogens is 471 g/mol. The van der Waals surface area contributed by atoms with Gasteiger partial charge in [0, 0.05) is 30.4 Å².